The molecule has 5 heteroatoms. The first-order valence-electron chi connectivity index (χ1n) is 4.78. The molecule has 14 heavy (non-hydrogen) atoms. The van der Waals surface area contributed by atoms with Crippen molar-refractivity contribution in [2.24, 2.45) is 11.7 Å². The highest BCUT2D eigenvalue weighted by atomic mass is 32.1. The average molecular weight is 218 g/mol. The summed E-state index contributed by atoms with van der Waals surface area (Å²) in [5.41, 5.74) is 5.42. The van der Waals surface area contributed by atoms with Gasteiger partial charge in [0, 0.05) is 13.2 Å². The van der Waals surface area contributed by atoms with Gasteiger partial charge in [-0.3, -0.25) is 4.79 Å². The molecule has 1 amide bonds. The van der Waals surface area contributed by atoms with Crippen LogP contribution in [0.3, 0.4) is 0 Å². The fourth-order valence-electron chi connectivity index (χ4n) is 1.03. The molecule has 0 aromatic heterocycles. The maximum atomic E-state index is 11.4. The number of amides is 1. The highest BCUT2D eigenvalue weighted by molar-refractivity contribution is 7.80. The minimum atomic E-state index is -0.355. The van der Waals surface area contributed by atoms with Crippen LogP contribution in [0.4, 0.5) is 0 Å². The van der Waals surface area contributed by atoms with Gasteiger partial charge in [0.05, 0.1) is 17.5 Å². The number of hydrogen-bond donors (Lipinski definition) is 2. The molecule has 1 atom stereocenters. The molecule has 82 valence electrons. The third kappa shape index (κ3) is 5.14. The lowest BCUT2D eigenvalue weighted by Crippen LogP contribution is -2.38. The van der Waals surface area contributed by atoms with E-state index in [1.54, 1.807) is 0 Å². The summed E-state index contributed by atoms with van der Waals surface area (Å²) in [7, 11) is 0. The molecule has 0 saturated heterocycles. The summed E-state index contributed by atoms with van der Waals surface area (Å²) >= 11 is 4.78. The Balaban J connectivity index is 3.76. The van der Waals surface area contributed by atoms with Crippen LogP contribution in [-0.2, 0) is 9.53 Å². The first kappa shape index (κ1) is 13.3. The third-order valence-electron chi connectivity index (χ3n) is 1.82. The Morgan fingerprint density at radius 2 is 2.21 bits per heavy atom. The number of nitrogens with one attached hydrogen (secondary N) is 1. The number of nitrogens with two attached hydrogens (primary N) is 1. The van der Waals surface area contributed by atoms with Gasteiger partial charge in [0.1, 0.15) is 0 Å². The number of ether oxygens (including phenoxy) is 1. The number of hydrogen-bond acceptors (Lipinski definition) is 3. The summed E-state index contributed by atoms with van der Waals surface area (Å²) in [5, 5.41) is 2.72. The first-order chi connectivity index (χ1) is 6.63. The Kier molecular flexibility index (Phi) is 7.32. The Morgan fingerprint density at radius 3 is 2.64 bits per heavy atom. The molecule has 0 radical (unpaired) electrons. The molecule has 0 spiro atoms. The number of carbonyl (C=O) groups excluding carboxylic acids is 1. The largest absolute Gasteiger partial charge is 0.393 e. The number of rotatable bonds is 7. The standard InChI is InChI=1S/C9H18N2O2S/c1-3-7(8(10)14)9(12)11-5-6-13-4-2/h7H,3-6H2,1-2H3,(H2,10,14)(H,11,12). The molecular formula is C9H18N2O2S. The molecule has 0 aromatic carbocycles. The minimum absolute atomic E-state index is 0.111. The van der Waals surface area contributed by atoms with Gasteiger partial charge in [-0.1, -0.05) is 19.1 Å². The lowest BCUT2D eigenvalue weighted by molar-refractivity contribution is -0.123. The molecule has 0 saturated carbocycles. The van der Waals surface area contributed by atoms with Gasteiger partial charge in [0.25, 0.3) is 0 Å². The van der Waals surface area contributed by atoms with Crippen LogP contribution in [-0.4, -0.2) is 30.7 Å². The first-order valence-corrected chi connectivity index (χ1v) is 5.19. The maximum Gasteiger partial charge on any atom is 0.230 e. The quantitative estimate of drug-likeness (QED) is 0.481. The van der Waals surface area contributed by atoms with E-state index in [1.165, 1.54) is 0 Å². The highest BCUT2D eigenvalue weighted by Crippen LogP contribution is 2.02. The molecule has 0 rings (SSSR count). The fourth-order valence-corrected chi connectivity index (χ4v) is 1.30. The van der Waals surface area contributed by atoms with Crippen molar-refractivity contribution in [3.63, 3.8) is 0 Å². The van der Waals surface area contributed by atoms with Crippen LogP contribution in [0.25, 0.3) is 0 Å². The summed E-state index contributed by atoms with van der Waals surface area (Å²) in [6, 6.07) is 0. The Morgan fingerprint density at radius 1 is 1.57 bits per heavy atom. The Hall–Kier alpha value is -0.680. The van der Waals surface area contributed by atoms with Crippen molar-refractivity contribution in [2.45, 2.75) is 20.3 Å². The van der Waals surface area contributed by atoms with Crippen LogP contribution in [0.1, 0.15) is 20.3 Å². The van der Waals surface area contributed by atoms with E-state index in [4.69, 9.17) is 22.7 Å². The third-order valence-corrected chi connectivity index (χ3v) is 2.10. The van der Waals surface area contributed by atoms with Crippen LogP contribution in [0.15, 0.2) is 0 Å². The summed E-state index contributed by atoms with van der Waals surface area (Å²) in [6.45, 7) is 5.47. The van der Waals surface area contributed by atoms with E-state index in [0.29, 0.717) is 26.2 Å². The molecule has 0 aliphatic rings. The van der Waals surface area contributed by atoms with Crippen LogP contribution >= 0.6 is 12.2 Å². The topological polar surface area (TPSA) is 64.3 Å². The van der Waals surface area contributed by atoms with Crippen LogP contribution in [0.2, 0.25) is 0 Å². The smallest absolute Gasteiger partial charge is 0.230 e. The zero-order valence-electron chi connectivity index (χ0n) is 8.71. The SMILES string of the molecule is CCOCCNC(=O)C(CC)C(N)=S. The van der Waals surface area contributed by atoms with Gasteiger partial charge >= 0.3 is 0 Å². The minimum Gasteiger partial charge on any atom is -0.393 e. The van der Waals surface area contributed by atoms with E-state index in [0.717, 1.165) is 0 Å². The second-order valence-electron chi connectivity index (χ2n) is 2.85. The summed E-state index contributed by atoms with van der Waals surface area (Å²) < 4.78 is 5.08. The van der Waals surface area contributed by atoms with Crippen molar-refractivity contribution in [2.75, 3.05) is 19.8 Å². The van der Waals surface area contributed by atoms with Crippen LogP contribution in [0, 0.1) is 5.92 Å². The van der Waals surface area contributed by atoms with Crippen molar-refractivity contribution in [3.8, 4) is 0 Å². The number of thiocarbonyl (C=S) groups is 1. The van der Waals surface area contributed by atoms with E-state index < -0.39 is 0 Å². The van der Waals surface area contributed by atoms with Crippen molar-refractivity contribution < 1.29 is 9.53 Å². The molecule has 4 nitrogen and oxygen atoms in total. The summed E-state index contributed by atoms with van der Waals surface area (Å²) in [4.78, 5) is 11.7. The molecular weight excluding hydrogens is 200 g/mol. The average Bonchev–Trinajstić information content (AvgIpc) is 2.13. The molecule has 0 aromatic rings. The molecule has 0 aliphatic heterocycles. The molecule has 0 heterocycles. The molecule has 0 fully saturated rings. The van der Waals surface area contributed by atoms with Crippen LogP contribution in [0.5, 0.6) is 0 Å². The van der Waals surface area contributed by atoms with Gasteiger partial charge in [-0.15, -0.1) is 0 Å². The van der Waals surface area contributed by atoms with Crippen molar-refractivity contribution in [1.82, 2.24) is 5.32 Å². The predicted molar refractivity (Wildman–Crippen MR) is 60.1 cm³/mol. The fraction of sp³-hybridized carbons (Fsp3) is 0.778. The summed E-state index contributed by atoms with van der Waals surface area (Å²) in [5.74, 6) is -0.466. The lowest BCUT2D eigenvalue weighted by atomic mass is 10.1. The predicted octanol–water partition coefficient (Wildman–Crippen LogP) is 0.451. The molecule has 0 aliphatic carbocycles. The number of carbonyl (C=O) groups is 1. The second kappa shape index (κ2) is 7.70. The highest BCUT2D eigenvalue weighted by Gasteiger charge is 2.18. The monoisotopic (exact) mass is 218 g/mol. The maximum absolute atomic E-state index is 11.4. The summed E-state index contributed by atoms with van der Waals surface area (Å²) in [6.07, 6.45) is 0.635. The molecule has 3 N–H and O–H groups in total. The van der Waals surface area contributed by atoms with Crippen molar-refractivity contribution in [3.05, 3.63) is 0 Å². The van der Waals surface area contributed by atoms with E-state index in [1.807, 2.05) is 13.8 Å². The van der Waals surface area contributed by atoms with Gasteiger partial charge in [-0.25, -0.2) is 0 Å². The van der Waals surface area contributed by atoms with E-state index in [-0.39, 0.29) is 16.8 Å². The van der Waals surface area contributed by atoms with Crippen LogP contribution < -0.4 is 11.1 Å². The van der Waals surface area contributed by atoms with Crippen molar-refractivity contribution >= 4 is 23.1 Å². The van der Waals surface area contributed by atoms with Gasteiger partial charge in [-0.05, 0) is 13.3 Å². The normalized spacial score (nSPS) is 12.1. The lowest BCUT2D eigenvalue weighted by Gasteiger charge is -2.13. The van der Waals surface area contributed by atoms with E-state index >= 15 is 0 Å². The van der Waals surface area contributed by atoms with Crippen molar-refractivity contribution in [1.29, 1.82) is 0 Å². The Labute approximate surface area is 90.2 Å². The van der Waals surface area contributed by atoms with Gasteiger partial charge in [0.15, 0.2) is 0 Å². The van der Waals surface area contributed by atoms with Gasteiger partial charge in [0.2, 0.25) is 5.91 Å². The zero-order valence-corrected chi connectivity index (χ0v) is 9.52. The Bertz CT molecular complexity index is 197. The van der Waals surface area contributed by atoms with E-state index in [2.05, 4.69) is 5.32 Å². The zero-order chi connectivity index (χ0) is 11.0. The van der Waals surface area contributed by atoms with E-state index in [9.17, 15) is 4.79 Å². The van der Waals surface area contributed by atoms with Gasteiger partial charge in [-0.2, -0.15) is 0 Å². The molecule has 1 unspecified atom stereocenters. The molecule has 0 bridgehead atoms. The second-order valence-corrected chi connectivity index (χ2v) is 3.32. The van der Waals surface area contributed by atoms with Gasteiger partial charge < -0.3 is 15.8 Å².